The summed E-state index contributed by atoms with van der Waals surface area (Å²) >= 11 is 5.86. The zero-order valence-corrected chi connectivity index (χ0v) is 14.2. The summed E-state index contributed by atoms with van der Waals surface area (Å²) in [6.07, 6.45) is -0.891. The number of ether oxygens (including phenoxy) is 1. The van der Waals surface area contributed by atoms with Crippen LogP contribution in [0.1, 0.15) is 27.8 Å². The highest BCUT2D eigenvalue weighted by Crippen LogP contribution is 2.20. The van der Waals surface area contributed by atoms with Crippen molar-refractivity contribution in [3.8, 4) is 11.3 Å². The van der Waals surface area contributed by atoms with Crippen molar-refractivity contribution in [2.24, 2.45) is 0 Å². The van der Waals surface area contributed by atoms with Crippen LogP contribution >= 0.6 is 11.6 Å². The molecule has 1 heterocycles. The van der Waals surface area contributed by atoms with E-state index in [9.17, 15) is 9.59 Å². The van der Waals surface area contributed by atoms with E-state index in [4.69, 9.17) is 16.3 Å². The molecule has 1 aromatic heterocycles. The van der Waals surface area contributed by atoms with Crippen molar-refractivity contribution in [3.05, 3.63) is 76.9 Å². The van der Waals surface area contributed by atoms with Crippen LogP contribution in [0.25, 0.3) is 11.3 Å². The Balaban J connectivity index is 1.69. The van der Waals surface area contributed by atoms with Gasteiger partial charge < -0.3 is 4.74 Å². The molecule has 1 unspecified atom stereocenters. The van der Waals surface area contributed by atoms with Crippen LogP contribution < -0.4 is 0 Å². The Morgan fingerprint density at radius 1 is 1.08 bits per heavy atom. The summed E-state index contributed by atoms with van der Waals surface area (Å²) in [5.74, 6) is -0.893. The molecule has 25 heavy (non-hydrogen) atoms. The van der Waals surface area contributed by atoms with Gasteiger partial charge in [-0.15, -0.1) is 0 Å². The van der Waals surface area contributed by atoms with Gasteiger partial charge in [0, 0.05) is 16.1 Å². The fraction of sp³-hybridized carbons (Fsp3) is 0.105. The second-order valence-electron chi connectivity index (χ2n) is 5.45. The molecule has 1 atom stereocenters. The number of rotatable bonds is 5. The van der Waals surface area contributed by atoms with E-state index < -0.39 is 12.1 Å². The van der Waals surface area contributed by atoms with Crippen molar-refractivity contribution in [2.45, 2.75) is 13.0 Å². The smallest absolute Gasteiger partial charge is 0.357 e. The van der Waals surface area contributed by atoms with Crippen LogP contribution in [0.15, 0.2) is 60.7 Å². The highest BCUT2D eigenvalue weighted by Gasteiger charge is 2.21. The van der Waals surface area contributed by atoms with Crippen LogP contribution in [0.5, 0.6) is 0 Å². The van der Waals surface area contributed by atoms with Crippen LogP contribution in [-0.4, -0.2) is 28.1 Å². The molecule has 0 radical (unpaired) electrons. The molecule has 3 rings (SSSR count). The maximum absolute atomic E-state index is 12.3. The Bertz CT molecular complexity index is 889. The number of carbonyl (C=O) groups excluding carboxylic acids is 2. The van der Waals surface area contributed by atoms with E-state index >= 15 is 0 Å². The largest absolute Gasteiger partial charge is 0.450 e. The number of aromatic nitrogens is 2. The van der Waals surface area contributed by atoms with E-state index in [1.165, 1.54) is 0 Å². The summed E-state index contributed by atoms with van der Waals surface area (Å²) in [7, 11) is 0. The van der Waals surface area contributed by atoms with Gasteiger partial charge in [0.2, 0.25) is 5.78 Å². The maximum Gasteiger partial charge on any atom is 0.357 e. The summed E-state index contributed by atoms with van der Waals surface area (Å²) in [6.45, 7) is 1.55. The summed E-state index contributed by atoms with van der Waals surface area (Å²) in [5, 5.41) is 7.35. The van der Waals surface area contributed by atoms with Gasteiger partial charge in [-0.3, -0.25) is 9.89 Å². The number of nitrogens with one attached hydrogen (secondary N) is 1. The van der Waals surface area contributed by atoms with Crippen molar-refractivity contribution in [3.63, 3.8) is 0 Å². The summed E-state index contributed by atoms with van der Waals surface area (Å²) in [5.41, 5.74) is 2.07. The van der Waals surface area contributed by atoms with Gasteiger partial charge in [0.15, 0.2) is 6.10 Å². The minimum Gasteiger partial charge on any atom is -0.450 e. The van der Waals surface area contributed by atoms with Crippen molar-refractivity contribution in [1.82, 2.24) is 10.2 Å². The molecule has 126 valence electrons. The van der Waals surface area contributed by atoms with Crippen molar-refractivity contribution >= 4 is 23.4 Å². The predicted octanol–water partition coefficient (Wildman–Crippen LogP) is 4.16. The number of Topliss-reactive ketones (excluding diaryl/α,β-unsaturated/α-hetero) is 1. The zero-order valence-electron chi connectivity index (χ0n) is 13.4. The third kappa shape index (κ3) is 3.95. The van der Waals surface area contributed by atoms with Gasteiger partial charge >= 0.3 is 5.97 Å². The first-order valence-electron chi connectivity index (χ1n) is 7.66. The Kier molecular flexibility index (Phi) is 4.95. The van der Waals surface area contributed by atoms with E-state index in [1.807, 2.05) is 6.07 Å². The van der Waals surface area contributed by atoms with Crippen molar-refractivity contribution in [2.75, 3.05) is 0 Å². The number of halogens is 1. The second-order valence-corrected chi connectivity index (χ2v) is 5.89. The molecule has 0 aliphatic rings. The average Bonchev–Trinajstić information content (AvgIpc) is 3.12. The molecule has 6 heteroatoms. The Morgan fingerprint density at radius 2 is 1.76 bits per heavy atom. The van der Waals surface area contributed by atoms with Crippen LogP contribution in [0, 0.1) is 0 Å². The quantitative estimate of drug-likeness (QED) is 0.551. The fourth-order valence-corrected chi connectivity index (χ4v) is 2.44. The molecule has 0 aliphatic carbocycles. The molecule has 0 saturated heterocycles. The standard InChI is InChI=1S/C19H15ClN2O3/c1-12(18(23)14-5-3-2-4-6-14)25-19(24)17-11-16(21-22-17)13-7-9-15(20)10-8-13/h2-12H,1H3,(H,21,22). The van der Waals surface area contributed by atoms with Crippen LogP contribution in [0.3, 0.4) is 0 Å². The lowest BCUT2D eigenvalue weighted by molar-refractivity contribution is 0.0313. The molecule has 0 bridgehead atoms. The minimum atomic E-state index is -0.891. The van der Waals surface area contributed by atoms with Gasteiger partial charge in [0.1, 0.15) is 5.69 Å². The number of aromatic amines is 1. The van der Waals surface area contributed by atoms with Crippen LogP contribution in [0.2, 0.25) is 5.02 Å². The van der Waals surface area contributed by atoms with E-state index in [0.717, 1.165) is 5.56 Å². The highest BCUT2D eigenvalue weighted by molar-refractivity contribution is 6.30. The number of hydrogen-bond donors (Lipinski definition) is 1. The summed E-state index contributed by atoms with van der Waals surface area (Å²) in [4.78, 5) is 24.5. The van der Waals surface area contributed by atoms with Gasteiger partial charge in [-0.05, 0) is 25.1 Å². The van der Waals surface area contributed by atoms with Gasteiger partial charge in [-0.25, -0.2) is 4.79 Å². The van der Waals surface area contributed by atoms with Gasteiger partial charge in [0.25, 0.3) is 0 Å². The van der Waals surface area contributed by atoms with E-state index in [1.54, 1.807) is 61.5 Å². The molecule has 0 amide bonds. The number of carbonyl (C=O) groups is 2. The van der Waals surface area contributed by atoms with E-state index in [0.29, 0.717) is 16.3 Å². The van der Waals surface area contributed by atoms with Crippen LogP contribution in [0.4, 0.5) is 0 Å². The molecule has 0 aliphatic heterocycles. The Labute approximate surface area is 149 Å². The second kappa shape index (κ2) is 7.32. The van der Waals surface area contributed by atoms with Gasteiger partial charge in [-0.1, -0.05) is 54.1 Å². The Morgan fingerprint density at radius 3 is 2.44 bits per heavy atom. The minimum absolute atomic E-state index is 0.178. The number of benzene rings is 2. The third-order valence-electron chi connectivity index (χ3n) is 3.65. The van der Waals surface area contributed by atoms with Gasteiger partial charge in [0.05, 0.1) is 5.69 Å². The van der Waals surface area contributed by atoms with Crippen LogP contribution in [-0.2, 0) is 4.74 Å². The predicted molar refractivity (Wildman–Crippen MR) is 94.7 cm³/mol. The molecule has 3 aromatic rings. The zero-order chi connectivity index (χ0) is 17.8. The highest BCUT2D eigenvalue weighted by atomic mass is 35.5. The van der Waals surface area contributed by atoms with E-state index in [-0.39, 0.29) is 11.5 Å². The number of hydrogen-bond acceptors (Lipinski definition) is 4. The lowest BCUT2D eigenvalue weighted by atomic mass is 10.1. The number of ketones is 1. The number of H-pyrrole nitrogens is 1. The van der Waals surface area contributed by atoms with Gasteiger partial charge in [-0.2, -0.15) is 5.10 Å². The maximum atomic E-state index is 12.3. The lowest BCUT2D eigenvalue weighted by Crippen LogP contribution is -2.24. The molecule has 0 saturated carbocycles. The SMILES string of the molecule is CC(OC(=O)c1cc(-c2ccc(Cl)cc2)n[nH]1)C(=O)c1ccccc1. The topological polar surface area (TPSA) is 72.0 Å². The number of nitrogens with zero attached hydrogens (tertiary/aromatic N) is 1. The molecular formula is C19H15ClN2O3. The molecule has 1 N–H and O–H groups in total. The normalized spacial score (nSPS) is 11.8. The first-order valence-corrected chi connectivity index (χ1v) is 8.04. The summed E-state index contributed by atoms with van der Waals surface area (Å²) in [6, 6.07) is 17.4. The molecule has 2 aromatic carbocycles. The monoisotopic (exact) mass is 354 g/mol. The first-order chi connectivity index (χ1) is 12.0. The fourth-order valence-electron chi connectivity index (χ4n) is 2.31. The molecular weight excluding hydrogens is 340 g/mol. The lowest BCUT2D eigenvalue weighted by Gasteiger charge is -2.11. The van der Waals surface area contributed by atoms with E-state index in [2.05, 4.69) is 10.2 Å². The summed E-state index contributed by atoms with van der Waals surface area (Å²) < 4.78 is 5.24. The number of esters is 1. The molecule has 5 nitrogen and oxygen atoms in total. The molecule has 0 fully saturated rings. The van der Waals surface area contributed by atoms with Crippen molar-refractivity contribution < 1.29 is 14.3 Å². The average molecular weight is 355 g/mol. The Hall–Kier alpha value is -2.92. The first kappa shape index (κ1) is 16.9. The van der Waals surface area contributed by atoms with Crippen molar-refractivity contribution in [1.29, 1.82) is 0 Å². The molecule has 0 spiro atoms. The third-order valence-corrected chi connectivity index (χ3v) is 3.90.